The Morgan fingerprint density at radius 3 is 2.72 bits per heavy atom. The minimum absolute atomic E-state index is 0.143. The van der Waals surface area contributed by atoms with Crippen LogP contribution in [0.3, 0.4) is 0 Å². The molecule has 29 heavy (non-hydrogen) atoms. The van der Waals surface area contributed by atoms with Crippen LogP contribution in [0.25, 0.3) is 10.6 Å². The van der Waals surface area contributed by atoms with Gasteiger partial charge in [-0.3, -0.25) is 15.0 Å². The third-order valence-corrected chi connectivity index (χ3v) is 7.10. The summed E-state index contributed by atoms with van der Waals surface area (Å²) in [4.78, 5) is 26.4. The number of aromatic nitrogens is 2. The fourth-order valence-electron chi connectivity index (χ4n) is 3.32. The number of ether oxygens (including phenoxy) is 1. The number of carbonyl (C=O) groups is 1. The Balaban J connectivity index is 1.49. The van der Waals surface area contributed by atoms with E-state index in [9.17, 15) is 4.79 Å². The Morgan fingerprint density at radius 2 is 2.00 bits per heavy atom. The molecule has 0 fully saturated rings. The molecule has 0 atom stereocenters. The van der Waals surface area contributed by atoms with Gasteiger partial charge in [0.25, 0.3) is 5.91 Å². The van der Waals surface area contributed by atoms with E-state index in [-0.39, 0.29) is 5.91 Å². The summed E-state index contributed by atoms with van der Waals surface area (Å²) in [5, 5.41) is 4.48. The van der Waals surface area contributed by atoms with Gasteiger partial charge in [0.2, 0.25) is 0 Å². The first kappa shape index (κ1) is 20.0. The second kappa shape index (κ2) is 8.61. The minimum Gasteiger partial charge on any atom is -0.494 e. The maximum atomic E-state index is 12.8. The smallest absolute Gasteiger partial charge is 0.269 e. The van der Waals surface area contributed by atoms with Crippen molar-refractivity contribution in [3.63, 3.8) is 0 Å². The summed E-state index contributed by atoms with van der Waals surface area (Å²) < 4.78 is 5.49. The fourth-order valence-corrected chi connectivity index (χ4v) is 5.33. The normalized spacial score (nSPS) is 13.9. The lowest BCUT2D eigenvalue weighted by Crippen LogP contribution is -2.29. The lowest BCUT2D eigenvalue weighted by atomic mass is 10.2. The molecule has 3 heterocycles. The number of anilines is 1. The van der Waals surface area contributed by atoms with Gasteiger partial charge in [0.05, 0.1) is 18.0 Å². The molecule has 6 nitrogen and oxygen atoms in total. The Kier molecular flexibility index (Phi) is 5.94. The monoisotopic (exact) mass is 428 g/mol. The van der Waals surface area contributed by atoms with Crippen LogP contribution in [0, 0.1) is 6.92 Å². The van der Waals surface area contributed by atoms with E-state index in [1.54, 1.807) is 11.3 Å². The number of hydrogen-bond acceptors (Lipinski definition) is 7. The molecule has 1 N–H and O–H groups in total. The maximum Gasteiger partial charge on any atom is 0.269 e. The second-order valence-corrected chi connectivity index (χ2v) is 8.94. The number of amides is 1. The first-order valence-electron chi connectivity index (χ1n) is 9.80. The Morgan fingerprint density at radius 1 is 1.21 bits per heavy atom. The number of hydrogen-bond donors (Lipinski definition) is 1. The molecule has 0 saturated heterocycles. The molecule has 4 rings (SSSR count). The topological polar surface area (TPSA) is 67.3 Å². The molecular formula is C21H24N4O2S2. The third kappa shape index (κ3) is 4.34. The van der Waals surface area contributed by atoms with Crippen LogP contribution in [0.4, 0.5) is 5.13 Å². The first-order chi connectivity index (χ1) is 14.1. The SMILES string of the molecule is CCOc1ccc(-c2nc(C)c(C(=O)Nc3nc4c(s3)CN(CC)CC4)s2)cc1. The van der Waals surface area contributed by atoms with Crippen LogP contribution in [-0.2, 0) is 13.0 Å². The van der Waals surface area contributed by atoms with Crippen molar-refractivity contribution in [3.05, 3.63) is 45.4 Å². The van der Waals surface area contributed by atoms with Gasteiger partial charge >= 0.3 is 0 Å². The van der Waals surface area contributed by atoms with E-state index in [4.69, 9.17) is 4.74 Å². The fraction of sp³-hybridized carbons (Fsp3) is 0.381. The van der Waals surface area contributed by atoms with Crippen molar-refractivity contribution in [3.8, 4) is 16.3 Å². The van der Waals surface area contributed by atoms with Crippen LogP contribution in [0.1, 0.15) is 39.8 Å². The predicted octanol–water partition coefficient (Wildman–Crippen LogP) is 4.60. The Labute approximate surface area is 178 Å². The summed E-state index contributed by atoms with van der Waals surface area (Å²) in [6.07, 6.45) is 0.941. The van der Waals surface area contributed by atoms with Crippen molar-refractivity contribution < 1.29 is 9.53 Å². The number of nitrogens with zero attached hydrogens (tertiary/aromatic N) is 3. The van der Waals surface area contributed by atoms with Gasteiger partial charge in [-0.25, -0.2) is 9.97 Å². The average Bonchev–Trinajstić information content (AvgIpc) is 3.30. The highest BCUT2D eigenvalue weighted by Gasteiger charge is 2.22. The molecule has 8 heteroatoms. The van der Waals surface area contributed by atoms with Gasteiger partial charge in [0.1, 0.15) is 15.6 Å². The highest BCUT2D eigenvalue weighted by molar-refractivity contribution is 7.18. The van der Waals surface area contributed by atoms with Crippen LogP contribution >= 0.6 is 22.7 Å². The number of nitrogens with one attached hydrogen (secondary N) is 1. The van der Waals surface area contributed by atoms with E-state index in [2.05, 4.69) is 27.1 Å². The van der Waals surface area contributed by atoms with E-state index >= 15 is 0 Å². The highest BCUT2D eigenvalue weighted by atomic mass is 32.1. The third-order valence-electron chi connectivity index (χ3n) is 4.89. The lowest BCUT2D eigenvalue weighted by Gasteiger charge is -2.23. The molecule has 0 aliphatic carbocycles. The summed E-state index contributed by atoms with van der Waals surface area (Å²) in [6, 6.07) is 7.79. The molecule has 0 saturated carbocycles. The summed E-state index contributed by atoms with van der Waals surface area (Å²) in [5.74, 6) is 0.688. The zero-order valence-electron chi connectivity index (χ0n) is 16.8. The standard InChI is InChI=1S/C21H24N4O2S2/c1-4-25-11-10-16-17(12-25)28-21(23-16)24-19(26)18-13(3)22-20(29-18)14-6-8-15(9-7-14)27-5-2/h6-9H,4-5,10-12H2,1-3H3,(H,23,24,26). The van der Waals surface area contributed by atoms with Gasteiger partial charge < -0.3 is 4.74 Å². The molecule has 0 unspecified atom stereocenters. The molecule has 0 radical (unpaired) electrons. The van der Waals surface area contributed by atoms with Gasteiger partial charge in [-0.05, 0) is 44.7 Å². The van der Waals surface area contributed by atoms with Gasteiger partial charge in [-0.1, -0.05) is 6.92 Å². The van der Waals surface area contributed by atoms with Crippen LogP contribution < -0.4 is 10.1 Å². The van der Waals surface area contributed by atoms with Crippen molar-refractivity contribution in [2.75, 3.05) is 25.0 Å². The summed E-state index contributed by atoms with van der Waals surface area (Å²) in [6.45, 7) is 9.62. The van der Waals surface area contributed by atoms with Crippen molar-refractivity contribution in [1.82, 2.24) is 14.9 Å². The highest BCUT2D eigenvalue weighted by Crippen LogP contribution is 2.32. The number of likely N-dealkylation sites (N-methyl/N-ethyl adjacent to an activating group) is 1. The van der Waals surface area contributed by atoms with E-state index in [0.717, 1.165) is 53.8 Å². The quantitative estimate of drug-likeness (QED) is 0.621. The number of benzene rings is 1. The zero-order chi connectivity index (χ0) is 20.4. The molecule has 1 aliphatic heterocycles. The van der Waals surface area contributed by atoms with E-state index in [1.165, 1.54) is 16.2 Å². The van der Waals surface area contributed by atoms with Crippen LogP contribution in [-0.4, -0.2) is 40.5 Å². The molecule has 1 aliphatic rings. The molecule has 1 aromatic carbocycles. The number of carbonyl (C=O) groups excluding carboxylic acids is 1. The van der Waals surface area contributed by atoms with Gasteiger partial charge in [0.15, 0.2) is 5.13 Å². The van der Waals surface area contributed by atoms with Gasteiger partial charge in [-0.2, -0.15) is 0 Å². The predicted molar refractivity (Wildman–Crippen MR) is 118 cm³/mol. The van der Waals surface area contributed by atoms with E-state index in [1.807, 2.05) is 38.1 Å². The largest absolute Gasteiger partial charge is 0.494 e. The van der Waals surface area contributed by atoms with E-state index in [0.29, 0.717) is 16.6 Å². The number of thiazole rings is 2. The molecule has 3 aromatic rings. The summed E-state index contributed by atoms with van der Waals surface area (Å²) >= 11 is 2.98. The molecular weight excluding hydrogens is 404 g/mol. The van der Waals surface area contributed by atoms with Gasteiger partial charge in [0, 0.05) is 30.0 Å². The van der Waals surface area contributed by atoms with Crippen molar-refractivity contribution >= 4 is 33.7 Å². The van der Waals surface area contributed by atoms with Crippen molar-refractivity contribution in [2.45, 2.75) is 33.7 Å². The Hall–Kier alpha value is -2.29. The molecule has 1 amide bonds. The molecule has 2 aromatic heterocycles. The molecule has 0 spiro atoms. The maximum absolute atomic E-state index is 12.8. The minimum atomic E-state index is -0.143. The van der Waals surface area contributed by atoms with Crippen LogP contribution in [0.15, 0.2) is 24.3 Å². The second-order valence-electron chi connectivity index (χ2n) is 6.85. The Bertz CT molecular complexity index is 1010. The summed E-state index contributed by atoms with van der Waals surface area (Å²) in [7, 11) is 0. The number of aryl methyl sites for hydroxylation is 1. The van der Waals surface area contributed by atoms with E-state index < -0.39 is 0 Å². The van der Waals surface area contributed by atoms with Crippen LogP contribution in [0.2, 0.25) is 0 Å². The lowest BCUT2D eigenvalue weighted by molar-refractivity contribution is 0.103. The molecule has 152 valence electrons. The average molecular weight is 429 g/mol. The van der Waals surface area contributed by atoms with Crippen molar-refractivity contribution in [2.24, 2.45) is 0 Å². The van der Waals surface area contributed by atoms with Crippen molar-refractivity contribution in [1.29, 1.82) is 0 Å². The number of rotatable bonds is 6. The number of fused-ring (bicyclic) bond motifs is 1. The summed E-state index contributed by atoms with van der Waals surface area (Å²) in [5.41, 5.74) is 2.82. The van der Waals surface area contributed by atoms with Crippen LogP contribution in [0.5, 0.6) is 5.75 Å². The zero-order valence-corrected chi connectivity index (χ0v) is 18.5. The van der Waals surface area contributed by atoms with Gasteiger partial charge in [-0.15, -0.1) is 22.7 Å². The molecule has 0 bridgehead atoms. The first-order valence-corrected chi connectivity index (χ1v) is 11.4.